The zero-order chi connectivity index (χ0) is 13.8. The lowest BCUT2D eigenvalue weighted by Gasteiger charge is -2.07. The van der Waals surface area contributed by atoms with Gasteiger partial charge in [0.15, 0.2) is 0 Å². The number of pyridine rings is 1. The fourth-order valence-corrected chi connectivity index (χ4v) is 1.72. The van der Waals surface area contributed by atoms with E-state index in [0.29, 0.717) is 18.1 Å². The largest absolute Gasteiger partial charge is 0.478 e. The third-order valence-corrected chi connectivity index (χ3v) is 2.78. The maximum atomic E-state index is 10.9. The Morgan fingerprint density at radius 3 is 2.84 bits per heavy atom. The molecule has 0 aliphatic heterocycles. The summed E-state index contributed by atoms with van der Waals surface area (Å²) in [6, 6.07) is 3.21. The highest BCUT2D eigenvalue weighted by atomic mass is 16.4. The SMILES string of the molecule is Cc1nc(NCCc2nncn2C)ccc1C(=O)O. The molecule has 0 saturated carbocycles. The molecule has 0 saturated heterocycles. The Labute approximate surface area is 110 Å². The predicted molar refractivity (Wildman–Crippen MR) is 69.1 cm³/mol. The van der Waals surface area contributed by atoms with Gasteiger partial charge >= 0.3 is 5.97 Å². The summed E-state index contributed by atoms with van der Waals surface area (Å²) >= 11 is 0. The number of aromatic carboxylic acids is 1. The molecule has 0 bridgehead atoms. The van der Waals surface area contributed by atoms with Crippen LogP contribution in [0, 0.1) is 6.92 Å². The number of hydrogen-bond donors (Lipinski definition) is 2. The van der Waals surface area contributed by atoms with Gasteiger partial charge in [0, 0.05) is 20.0 Å². The van der Waals surface area contributed by atoms with E-state index < -0.39 is 5.97 Å². The topological polar surface area (TPSA) is 92.9 Å². The minimum absolute atomic E-state index is 0.221. The van der Waals surface area contributed by atoms with Gasteiger partial charge in [-0.1, -0.05) is 0 Å². The standard InChI is InChI=1S/C12H15N5O2/c1-8-9(12(18)19)3-4-10(15-8)13-6-5-11-16-14-7-17(11)2/h3-4,7H,5-6H2,1-2H3,(H,13,15)(H,18,19). The Morgan fingerprint density at radius 1 is 1.47 bits per heavy atom. The lowest BCUT2D eigenvalue weighted by atomic mass is 10.2. The summed E-state index contributed by atoms with van der Waals surface area (Å²) in [6.07, 6.45) is 2.37. The second-order valence-electron chi connectivity index (χ2n) is 4.17. The molecule has 100 valence electrons. The van der Waals surface area contributed by atoms with Gasteiger partial charge in [0.25, 0.3) is 0 Å². The van der Waals surface area contributed by atoms with Crippen LogP contribution in [0.15, 0.2) is 18.5 Å². The molecule has 0 fully saturated rings. The smallest absolute Gasteiger partial charge is 0.337 e. The molecule has 2 aromatic rings. The minimum atomic E-state index is -0.962. The quantitative estimate of drug-likeness (QED) is 0.829. The summed E-state index contributed by atoms with van der Waals surface area (Å²) in [7, 11) is 1.89. The molecule has 2 N–H and O–H groups in total. The fourth-order valence-electron chi connectivity index (χ4n) is 1.72. The van der Waals surface area contributed by atoms with Crippen LogP contribution in [-0.4, -0.2) is 37.4 Å². The molecule has 2 aromatic heterocycles. The molecule has 0 amide bonds. The summed E-state index contributed by atoms with van der Waals surface area (Å²) in [6.45, 7) is 2.34. The van der Waals surface area contributed by atoms with E-state index in [1.165, 1.54) is 0 Å². The number of carbonyl (C=O) groups is 1. The first-order valence-corrected chi connectivity index (χ1v) is 5.85. The average Bonchev–Trinajstić information content (AvgIpc) is 2.75. The molecule has 7 heteroatoms. The van der Waals surface area contributed by atoms with Crippen molar-refractivity contribution in [2.24, 2.45) is 7.05 Å². The van der Waals surface area contributed by atoms with Crippen molar-refractivity contribution < 1.29 is 9.90 Å². The van der Waals surface area contributed by atoms with Crippen molar-refractivity contribution in [2.45, 2.75) is 13.3 Å². The van der Waals surface area contributed by atoms with E-state index in [9.17, 15) is 4.79 Å². The van der Waals surface area contributed by atoms with Gasteiger partial charge in [-0.05, 0) is 19.1 Å². The van der Waals surface area contributed by atoms with Gasteiger partial charge in [-0.25, -0.2) is 9.78 Å². The van der Waals surface area contributed by atoms with Crippen molar-refractivity contribution in [1.82, 2.24) is 19.7 Å². The van der Waals surface area contributed by atoms with Gasteiger partial charge in [0.05, 0.1) is 11.3 Å². The summed E-state index contributed by atoms with van der Waals surface area (Å²) in [5, 5.41) is 19.8. The van der Waals surface area contributed by atoms with E-state index >= 15 is 0 Å². The van der Waals surface area contributed by atoms with E-state index in [1.807, 2.05) is 11.6 Å². The normalized spacial score (nSPS) is 10.4. The molecule has 0 radical (unpaired) electrons. The van der Waals surface area contributed by atoms with Gasteiger partial charge in [-0.3, -0.25) is 0 Å². The molecule has 0 atom stereocenters. The minimum Gasteiger partial charge on any atom is -0.478 e. The highest BCUT2D eigenvalue weighted by Gasteiger charge is 2.08. The second kappa shape index (κ2) is 5.47. The Kier molecular flexibility index (Phi) is 3.74. The maximum absolute atomic E-state index is 10.9. The molecule has 2 rings (SSSR count). The number of nitrogens with one attached hydrogen (secondary N) is 1. The first kappa shape index (κ1) is 13.0. The molecule has 0 aliphatic rings. The van der Waals surface area contributed by atoms with Crippen LogP contribution in [0.3, 0.4) is 0 Å². The zero-order valence-electron chi connectivity index (χ0n) is 10.8. The molecule has 2 heterocycles. The summed E-state index contributed by atoms with van der Waals surface area (Å²) < 4.78 is 1.86. The monoisotopic (exact) mass is 261 g/mol. The number of aromatic nitrogens is 4. The van der Waals surface area contributed by atoms with Crippen molar-refractivity contribution in [3.8, 4) is 0 Å². The van der Waals surface area contributed by atoms with Gasteiger partial charge in [0.1, 0.15) is 18.0 Å². The van der Waals surface area contributed by atoms with Crippen molar-refractivity contribution in [1.29, 1.82) is 0 Å². The number of aryl methyl sites for hydroxylation is 2. The van der Waals surface area contributed by atoms with Crippen LogP contribution in [0.4, 0.5) is 5.82 Å². The third-order valence-electron chi connectivity index (χ3n) is 2.78. The Morgan fingerprint density at radius 2 is 2.26 bits per heavy atom. The molecule has 7 nitrogen and oxygen atoms in total. The summed E-state index contributed by atoms with van der Waals surface area (Å²) in [4.78, 5) is 15.1. The van der Waals surface area contributed by atoms with Gasteiger partial charge < -0.3 is 15.0 Å². The van der Waals surface area contributed by atoms with Crippen LogP contribution < -0.4 is 5.32 Å². The Hall–Kier alpha value is -2.44. The number of rotatable bonds is 5. The van der Waals surface area contributed by atoms with E-state index in [4.69, 9.17) is 5.11 Å². The number of carboxylic acid groups (broad SMARTS) is 1. The van der Waals surface area contributed by atoms with E-state index in [-0.39, 0.29) is 5.56 Å². The van der Waals surface area contributed by atoms with Crippen LogP contribution in [0.25, 0.3) is 0 Å². The number of hydrogen-bond acceptors (Lipinski definition) is 5. The average molecular weight is 261 g/mol. The Bertz CT molecular complexity index is 594. The van der Waals surface area contributed by atoms with Gasteiger partial charge in [-0.2, -0.15) is 0 Å². The van der Waals surface area contributed by atoms with Crippen LogP contribution in [-0.2, 0) is 13.5 Å². The second-order valence-corrected chi connectivity index (χ2v) is 4.17. The van der Waals surface area contributed by atoms with Crippen LogP contribution in [0.2, 0.25) is 0 Å². The molecular formula is C12H15N5O2. The predicted octanol–water partition coefficient (Wildman–Crippen LogP) is 0.871. The first-order chi connectivity index (χ1) is 9.08. The van der Waals surface area contributed by atoms with Crippen LogP contribution in [0.5, 0.6) is 0 Å². The maximum Gasteiger partial charge on any atom is 0.337 e. The molecule has 0 aromatic carbocycles. The van der Waals surface area contributed by atoms with E-state index in [0.717, 1.165) is 12.2 Å². The highest BCUT2D eigenvalue weighted by Crippen LogP contribution is 2.10. The molecule has 0 unspecified atom stereocenters. The highest BCUT2D eigenvalue weighted by molar-refractivity contribution is 5.89. The van der Waals surface area contributed by atoms with Crippen molar-refractivity contribution in [3.63, 3.8) is 0 Å². The molecule has 0 spiro atoms. The fraction of sp³-hybridized carbons (Fsp3) is 0.333. The van der Waals surface area contributed by atoms with Gasteiger partial charge in [-0.15, -0.1) is 10.2 Å². The van der Waals surface area contributed by atoms with Crippen molar-refractivity contribution in [3.05, 3.63) is 35.5 Å². The lowest BCUT2D eigenvalue weighted by Crippen LogP contribution is -2.11. The third kappa shape index (κ3) is 3.06. The lowest BCUT2D eigenvalue weighted by molar-refractivity contribution is 0.0695. The Balaban J connectivity index is 1.95. The summed E-state index contributed by atoms with van der Waals surface area (Å²) in [5.41, 5.74) is 0.718. The molecule has 0 aliphatic carbocycles. The molecule has 19 heavy (non-hydrogen) atoms. The van der Waals surface area contributed by atoms with Gasteiger partial charge in [0.2, 0.25) is 0 Å². The number of anilines is 1. The number of nitrogens with zero attached hydrogens (tertiary/aromatic N) is 4. The van der Waals surface area contributed by atoms with E-state index in [1.54, 1.807) is 25.4 Å². The first-order valence-electron chi connectivity index (χ1n) is 5.85. The number of carboxylic acids is 1. The zero-order valence-corrected chi connectivity index (χ0v) is 10.8. The van der Waals surface area contributed by atoms with Crippen LogP contribution >= 0.6 is 0 Å². The van der Waals surface area contributed by atoms with Crippen molar-refractivity contribution in [2.75, 3.05) is 11.9 Å². The molecular weight excluding hydrogens is 246 g/mol. The summed E-state index contributed by atoms with van der Waals surface area (Å²) in [5.74, 6) is 0.576. The van der Waals surface area contributed by atoms with Crippen molar-refractivity contribution >= 4 is 11.8 Å². The van der Waals surface area contributed by atoms with E-state index in [2.05, 4.69) is 20.5 Å². The van der Waals surface area contributed by atoms with Crippen LogP contribution in [0.1, 0.15) is 21.9 Å².